The van der Waals surface area contributed by atoms with Gasteiger partial charge in [0.05, 0.1) is 0 Å². The molecule has 0 unspecified atom stereocenters. The SMILES string of the molecule is CCCc1nc(-c2ccc(CC)cc2)c(N)n1C1CC1. The Morgan fingerprint density at radius 3 is 2.45 bits per heavy atom. The smallest absolute Gasteiger partial charge is 0.131 e. The standard InChI is InChI=1S/C17H23N3/c1-3-5-15-19-16(17(18)20(15)14-10-11-14)13-8-6-12(4-2)7-9-13/h6-9,14H,3-5,10-11,18H2,1-2H3. The Labute approximate surface area is 120 Å². The van der Waals surface area contributed by atoms with Gasteiger partial charge in [0.2, 0.25) is 0 Å². The molecular formula is C17H23N3. The first-order valence-corrected chi connectivity index (χ1v) is 7.70. The molecule has 0 amide bonds. The summed E-state index contributed by atoms with van der Waals surface area (Å²) in [6, 6.07) is 9.22. The Kier molecular flexibility index (Phi) is 3.51. The van der Waals surface area contributed by atoms with Crippen LogP contribution < -0.4 is 5.73 Å². The highest BCUT2D eigenvalue weighted by molar-refractivity contribution is 5.71. The lowest BCUT2D eigenvalue weighted by molar-refractivity contribution is 0.676. The number of aromatic nitrogens is 2. The Bertz CT molecular complexity index is 591. The van der Waals surface area contributed by atoms with Crippen molar-refractivity contribution in [1.29, 1.82) is 0 Å². The van der Waals surface area contributed by atoms with Gasteiger partial charge < -0.3 is 10.3 Å². The van der Waals surface area contributed by atoms with E-state index in [1.807, 2.05) is 0 Å². The van der Waals surface area contributed by atoms with E-state index in [0.717, 1.165) is 42.2 Å². The Hall–Kier alpha value is -1.77. The van der Waals surface area contributed by atoms with Crippen molar-refractivity contribution in [3.8, 4) is 11.3 Å². The molecule has 2 N–H and O–H groups in total. The van der Waals surface area contributed by atoms with Gasteiger partial charge >= 0.3 is 0 Å². The minimum atomic E-state index is 0.590. The molecule has 1 aromatic heterocycles. The van der Waals surface area contributed by atoms with Crippen LogP contribution in [0.1, 0.15) is 50.5 Å². The molecule has 0 bridgehead atoms. The van der Waals surface area contributed by atoms with Gasteiger partial charge in [0, 0.05) is 18.0 Å². The average molecular weight is 269 g/mol. The predicted molar refractivity (Wildman–Crippen MR) is 83.7 cm³/mol. The number of imidazole rings is 1. The first-order chi connectivity index (χ1) is 9.74. The maximum absolute atomic E-state index is 6.38. The minimum absolute atomic E-state index is 0.590. The van der Waals surface area contributed by atoms with Gasteiger partial charge in [-0.15, -0.1) is 0 Å². The van der Waals surface area contributed by atoms with Crippen LogP contribution in [0.15, 0.2) is 24.3 Å². The fourth-order valence-corrected chi connectivity index (χ4v) is 2.74. The molecular weight excluding hydrogens is 246 g/mol. The van der Waals surface area contributed by atoms with Gasteiger partial charge in [-0.25, -0.2) is 4.98 Å². The van der Waals surface area contributed by atoms with Crippen LogP contribution in [-0.2, 0) is 12.8 Å². The van der Waals surface area contributed by atoms with Crippen molar-refractivity contribution in [3.63, 3.8) is 0 Å². The number of nitrogen functional groups attached to an aromatic ring is 1. The zero-order chi connectivity index (χ0) is 14.1. The number of nitrogens with zero attached hydrogens (tertiary/aromatic N) is 2. The molecule has 2 aromatic rings. The highest BCUT2D eigenvalue weighted by atomic mass is 15.2. The van der Waals surface area contributed by atoms with Crippen LogP contribution >= 0.6 is 0 Å². The van der Waals surface area contributed by atoms with Crippen molar-refractivity contribution < 1.29 is 0 Å². The van der Waals surface area contributed by atoms with Crippen molar-refractivity contribution in [2.75, 3.05) is 5.73 Å². The molecule has 0 saturated heterocycles. The third kappa shape index (κ3) is 2.33. The normalized spacial score (nSPS) is 14.7. The van der Waals surface area contributed by atoms with Crippen molar-refractivity contribution in [2.24, 2.45) is 0 Å². The summed E-state index contributed by atoms with van der Waals surface area (Å²) in [5.74, 6) is 2.00. The number of hydrogen-bond acceptors (Lipinski definition) is 2. The van der Waals surface area contributed by atoms with Crippen LogP contribution in [0.5, 0.6) is 0 Å². The lowest BCUT2D eigenvalue weighted by Gasteiger charge is -2.07. The molecule has 1 aliphatic carbocycles. The highest BCUT2D eigenvalue weighted by Crippen LogP contribution is 2.41. The molecule has 0 atom stereocenters. The molecule has 3 rings (SSSR count). The van der Waals surface area contributed by atoms with Gasteiger partial charge in [0.1, 0.15) is 17.3 Å². The van der Waals surface area contributed by atoms with Crippen molar-refractivity contribution in [1.82, 2.24) is 9.55 Å². The summed E-state index contributed by atoms with van der Waals surface area (Å²) >= 11 is 0. The lowest BCUT2D eigenvalue weighted by atomic mass is 10.1. The quantitative estimate of drug-likeness (QED) is 0.892. The molecule has 1 heterocycles. The summed E-state index contributed by atoms with van der Waals surface area (Å²) in [5, 5.41) is 0. The summed E-state index contributed by atoms with van der Waals surface area (Å²) in [6.45, 7) is 4.36. The summed E-state index contributed by atoms with van der Waals surface area (Å²) in [4.78, 5) is 4.82. The van der Waals surface area contributed by atoms with E-state index in [0.29, 0.717) is 6.04 Å². The summed E-state index contributed by atoms with van der Waals surface area (Å²) in [6.07, 6.45) is 5.66. The van der Waals surface area contributed by atoms with Gasteiger partial charge in [0.25, 0.3) is 0 Å². The number of anilines is 1. The zero-order valence-corrected chi connectivity index (χ0v) is 12.4. The highest BCUT2D eigenvalue weighted by Gasteiger charge is 2.29. The lowest BCUT2D eigenvalue weighted by Crippen LogP contribution is -2.05. The molecule has 106 valence electrons. The van der Waals surface area contributed by atoms with Gasteiger partial charge in [-0.2, -0.15) is 0 Å². The second-order valence-corrected chi connectivity index (χ2v) is 5.66. The van der Waals surface area contributed by atoms with Crippen LogP contribution in [-0.4, -0.2) is 9.55 Å². The maximum Gasteiger partial charge on any atom is 0.131 e. The third-order valence-electron chi connectivity index (χ3n) is 4.04. The van der Waals surface area contributed by atoms with Gasteiger partial charge in [0.15, 0.2) is 0 Å². The predicted octanol–water partition coefficient (Wildman–Crippen LogP) is 3.98. The second kappa shape index (κ2) is 5.31. The number of rotatable bonds is 5. The monoisotopic (exact) mass is 269 g/mol. The summed E-state index contributed by atoms with van der Waals surface area (Å²) in [5.41, 5.74) is 9.82. The topological polar surface area (TPSA) is 43.8 Å². The van der Waals surface area contributed by atoms with Gasteiger partial charge in [-0.05, 0) is 31.2 Å². The minimum Gasteiger partial charge on any atom is -0.383 e. The van der Waals surface area contributed by atoms with Crippen LogP contribution in [0, 0.1) is 0 Å². The first kappa shape index (κ1) is 13.2. The molecule has 3 heteroatoms. The fraction of sp³-hybridized carbons (Fsp3) is 0.471. The molecule has 3 nitrogen and oxygen atoms in total. The van der Waals surface area contributed by atoms with Gasteiger partial charge in [-0.3, -0.25) is 0 Å². The third-order valence-corrected chi connectivity index (χ3v) is 4.04. The van der Waals surface area contributed by atoms with E-state index in [9.17, 15) is 0 Å². The first-order valence-electron chi connectivity index (χ1n) is 7.70. The Morgan fingerprint density at radius 1 is 1.20 bits per heavy atom. The Balaban J connectivity index is 2.01. The second-order valence-electron chi connectivity index (χ2n) is 5.66. The van der Waals surface area contributed by atoms with Crippen molar-refractivity contribution in [3.05, 3.63) is 35.7 Å². The molecule has 1 aliphatic rings. The molecule has 0 aliphatic heterocycles. The molecule has 1 saturated carbocycles. The van der Waals surface area contributed by atoms with E-state index in [1.165, 1.54) is 18.4 Å². The van der Waals surface area contributed by atoms with Gasteiger partial charge in [-0.1, -0.05) is 38.1 Å². The van der Waals surface area contributed by atoms with Crippen LogP contribution in [0.25, 0.3) is 11.3 Å². The zero-order valence-electron chi connectivity index (χ0n) is 12.4. The van der Waals surface area contributed by atoms with Crippen LogP contribution in [0.3, 0.4) is 0 Å². The average Bonchev–Trinajstić information content (AvgIpc) is 3.25. The summed E-state index contributed by atoms with van der Waals surface area (Å²) in [7, 11) is 0. The number of benzene rings is 1. The Morgan fingerprint density at radius 2 is 1.90 bits per heavy atom. The van der Waals surface area contributed by atoms with E-state index in [-0.39, 0.29) is 0 Å². The molecule has 20 heavy (non-hydrogen) atoms. The summed E-state index contributed by atoms with van der Waals surface area (Å²) < 4.78 is 2.27. The van der Waals surface area contributed by atoms with E-state index >= 15 is 0 Å². The van der Waals surface area contributed by atoms with Crippen molar-refractivity contribution >= 4 is 5.82 Å². The maximum atomic E-state index is 6.38. The van der Waals surface area contributed by atoms with Crippen LogP contribution in [0.2, 0.25) is 0 Å². The van der Waals surface area contributed by atoms with E-state index in [2.05, 4.69) is 42.7 Å². The molecule has 0 radical (unpaired) electrons. The molecule has 1 aromatic carbocycles. The van der Waals surface area contributed by atoms with Crippen molar-refractivity contribution in [2.45, 2.75) is 52.0 Å². The van der Waals surface area contributed by atoms with Crippen LogP contribution in [0.4, 0.5) is 5.82 Å². The number of nitrogens with two attached hydrogens (primary N) is 1. The van der Waals surface area contributed by atoms with E-state index in [4.69, 9.17) is 10.7 Å². The van der Waals surface area contributed by atoms with E-state index in [1.54, 1.807) is 0 Å². The molecule has 0 spiro atoms. The fourth-order valence-electron chi connectivity index (χ4n) is 2.74. The molecule has 1 fully saturated rings. The number of aryl methyl sites for hydroxylation is 2. The largest absolute Gasteiger partial charge is 0.383 e. The van der Waals surface area contributed by atoms with E-state index < -0.39 is 0 Å². The number of hydrogen-bond donors (Lipinski definition) is 1.